The molecular weight excluding hydrogens is 216 g/mol. The number of aliphatic hydroxyl groups is 2. The molecule has 2 atom stereocenters. The van der Waals surface area contributed by atoms with E-state index in [9.17, 15) is 9.59 Å². The summed E-state index contributed by atoms with van der Waals surface area (Å²) in [5.74, 6) is -0.916. The van der Waals surface area contributed by atoms with Gasteiger partial charge in [0.2, 0.25) is 5.91 Å². The number of carbonyl (C=O) groups excluding carboxylic acids is 2. The van der Waals surface area contributed by atoms with Gasteiger partial charge in [-0.25, -0.2) is 4.79 Å². The van der Waals surface area contributed by atoms with Gasteiger partial charge in [0, 0.05) is 20.0 Å². The molecule has 0 aliphatic heterocycles. The summed E-state index contributed by atoms with van der Waals surface area (Å²) in [5.41, 5.74) is 0. The maximum atomic E-state index is 11.2. The van der Waals surface area contributed by atoms with Crippen LogP contribution in [0.1, 0.15) is 6.92 Å². The highest BCUT2D eigenvalue weighted by Crippen LogP contribution is 1.87. The Bertz CT molecular complexity index is 234. The van der Waals surface area contributed by atoms with E-state index in [1.54, 1.807) is 0 Å². The van der Waals surface area contributed by atoms with Crippen molar-refractivity contribution in [3.8, 4) is 0 Å². The minimum Gasteiger partial charge on any atom is -0.467 e. The first-order valence-electron chi connectivity index (χ1n) is 4.85. The number of hydrogen-bond donors (Lipinski definition) is 4. The molecule has 7 heteroatoms. The fourth-order valence-corrected chi connectivity index (χ4v) is 1.04. The van der Waals surface area contributed by atoms with E-state index in [-0.39, 0.29) is 25.6 Å². The molecule has 16 heavy (non-hydrogen) atoms. The Hall–Kier alpha value is -1.18. The van der Waals surface area contributed by atoms with Crippen LogP contribution in [0.25, 0.3) is 0 Å². The van der Waals surface area contributed by atoms with Crippen molar-refractivity contribution >= 4 is 11.9 Å². The monoisotopic (exact) mass is 234 g/mol. The van der Waals surface area contributed by atoms with Gasteiger partial charge in [-0.1, -0.05) is 0 Å². The molecule has 0 saturated heterocycles. The van der Waals surface area contributed by atoms with Crippen molar-refractivity contribution in [1.29, 1.82) is 0 Å². The molecule has 2 unspecified atom stereocenters. The van der Waals surface area contributed by atoms with Crippen LogP contribution in [0, 0.1) is 0 Å². The Morgan fingerprint density at radius 2 is 2.00 bits per heavy atom. The summed E-state index contributed by atoms with van der Waals surface area (Å²) in [5, 5.41) is 22.7. The summed E-state index contributed by atoms with van der Waals surface area (Å²) in [4.78, 5) is 22.0. The lowest BCUT2D eigenvalue weighted by molar-refractivity contribution is -0.144. The maximum Gasteiger partial charge on any atom is 0.329 e. The van der Waals surface area contributed by atoms with Crippen molar-refractivity contribution in [2.45, 2.75) is 19.1 Å². The number of aliphatic hydroxyl groups excluding tert-OH is 2. The number of amides is 1. The van der Waals surface area contributed by atoms with Crippen LogP contribution in [0.15, 0.2) is 0 Å². The van der Waals surface area contributed by atoms with Crippen molar-refractivity contribution < 1.29 is 24.5 Å². The molecule has 94 valence electrons. The zero-order valence-corrected chi connectivity index (χ0v) is 9.40. The van der Waals surface area contributed by atoms with Gasteiger partial charge in [-0.2, -0.15) is 0 Å². The zero-order chi connectivity index (χ0) is 12.6. The number of rotatable bonds is 7. The predicted molar refractivity (Wildman–Crippen MR) is 55.6 cm³/mol. The molecule has 0 heterocycles. The first kappa shape index (κ1) is 14.8. The van der Waals surface area contributed by atoms with Crippen LogP contribution in [-0.4, -0.2) is 61.0 Å². The smallest absolute Gasteiger partial charge is 0.329 e. The van der Waals surface area contributed by atoms with Gasteiger partial charge in [0.1, 0.15) is 6.04 Å². The average Bonchev–Trinajstić information content (AvgIpc) is 2.25. The van der Waals surface area contributed by atoms with Crippen molar-refractivity contribution in [3.63, 3.8) is 0 Å². The summed E-state index contributed by atoms with van der Waals surface area (Å²) >= 11 is 0. The lowest BCUT2D eigenvalue weighted by Gasteiger charge is -2.17. The van der Waals surface area contributed by atoms with Crippen molar-refractivity contribution in [3.05, 3.63) is 0 Å². The Balaban J connectivity index is 4.01. The molecule has 4 N–H and O–H groups in total. The molecule has 7 nitrogen and oxygen atoms in total. The molecule has 0 spiro atoms. The normalized spacial score (nSPS) is 14.0. The Morgan fingerprint density at radius 1 is 1.38 bits per heavy atom. The third kappa shape index (κ3) is 6.33. The first-order chi connectivity index (χ1) is 7.51. The molecule has 0 bridgehead atoms. The van der Waals surface area contributed by atoms with Gasteiger partial charge in [-0.05, 0) is 0 Å². The highest BCUT2D eigenvalue weighted by molar-refractivity contribution is 5.83. The number of nitrogens with one attached hydrogen (secondary N) is 2. The fourth-order valence-electron chi connectivity index (χ4n) is 1.04. The van der Waals surface area contributed by atoms with E-state index in [1.807, 2.05) is 0 Å². The average molecular weight is 234 g/mol. The van der Waals surface area contributed by atoms with Crippen LogP contribution in [-0.2, 0) is 14.3 Å². The maximum absolute atomic E-state index is 11.2. The van der Waals surface area contributed by atoms with E-state index < -0.39 is 18.1 Å². The number of hydrogen-bond acceptors (Lipinski definition) is 6. The van der Waals surface area contributed by atoms with Gasteiger partial charge in [0.15, 0.2) is 0 Å². The highest BCUT2D eigenvalue weighted by atomic mass is 16.5. The van der Waals surface area contributed by atoms with E-state index in [2.05, 4.69) is 15.4 Å². The lowest BCUT2D eigenvalue weighted by atomic mass is 10.2. The van der Waals surface area contributed by atoms with Gasteiger partial charge in [-0.3, -0.25) is 4.79 Å². The molecule has 0 aromatic heterocycles. The molecule has 0 aromatic carbocycles. The highest BCUT2D eigenvalue weighted by Gasteiger charge is 2.19. The predicted octanol–water partition coefficient (Wildman–Crippen LogP) is -2.39. The quantitative estimate of drug-likeness (QED) is 0.366. The summed E-state index contributed by atoms with van der Waals surface area (Å²) < 4.78 is 4.49. The van der Waals surface area contributed by atoms with Crippen LogP contribution in [0.5, 0.6) is 0 Å². The third-order valence-electron chi connectivity index (χ3n) is 1.80. The molecule has 0 aliphatic rings. The number of carbonyl (C=O) groups is 2. The third-order valence-corrected chi connectivity index (χ3v) is 1.80. The minimum absolute atomic E-state index is 0.128. The van der Waals surface area contributed by atoms with E-state index in [4.69, 9.17) is 10.2 Å². The molecule has 0 fully saturated rings. The van der Waals surface area contributed by atoms with Crippen LogP contribution < -0.4 is 10.6 Å². The van der Waals surface area contributed by atoms with Gasteiger partial charge < -0.3 is 25.6 Å². The largest absolute Gasteiger partial charge is 0.467 e. The molecule has 0 aromatic rings. The second kappa shape index (κ2) is 8.03. The summed E-state index contributed by atoms with van der Waals surface area (Å²) in [7, 11) is 1.22. The minimum atomic E-state index is -0.893. The SMILES string of the molecule is COC(=O)C(CNCC(O)CO)NC(C)=O. The van der Waals surface area contributed by atoms with Crippen LogP contribution >= 0.6 is 0 Å². The Kier molecular flexibility index (Phi) is 7.44. The van der Waals surface area contributed by atoms with Gasteiger partial charge in [0.25, 0.3) is 0 Å². The number of methoxy groups -OCH3 is 1. The van der Waals surface area contributed by atoms with Crippen molar-refractivity contribution in [1.82, 2.24) is 10.6 Å². The second-order valence-electron chi connectivity index (χ2n) is 3.27. The van der Waals surface area contributed by atoms with E-state index in [0.29, 0.717) is 0 Å². The van der Waals surface area contributed by atoms with E-state index in [1.165, 1.54) is 14.0 Å². The lowest BCUT2D eigenvalue weighted by Crippen LogP contribution is -2.48. The first-order valence-corrected chi connectivity index (χ1v) is 4.85. The van der Waals surface area contributed by atoms with E-state index >= 15 is 0 Å². The summed E-state index contributed by atoms with van der Waals surface area (Å²) in [6.07, 6.45) is -0.893. The number of esters is 1. The van der Waals surface area contributed by atoms with Gasteiger partial charge in [0.05, 0.1) is 19.8 Å². The van der Waals surface area contributed by atoms with Crippen LogP contribution in [0.4, 0.5) is 0 Å². The molecule has 0 radical (unpaired) electrons. The fraction of sp³-hybridized carbons (Fsp3) is 0.778. The topological polar surface area (TPSA) is 108 Å². The van der Waals surface area contributed by atoms with E-state index in [0.717, 1.165) is 0 Å². The molecule has 1 amide bonds. The van der Waals surface area contributed by atoms with Crippen LogP contribution in [0.2, 0.25) is 0 Å². The zero-order valence-electron chi connectivity index (χ0n) is 9.40. The van der Waals surface area contributed by atoms with Gasteiger partial charge in [-0.15, -0.1) is 0 Å². The molecular formula is C9H18N2O5. The molecule has 0 aliphatic carbocycles. The number of ether oxygens (including phenoxy) is 1. The molecule has 0 rings (SSSR count). The Labute approximate surface area is 93.8 Å². The van der Waals surface area contributed by atoms with Crippen molar-refractivity contribution in [2.24, 2.45) is 0 Å². The standard InChI is InChI=1S/C9H18N2O5/c1-6(13)11-8(9(15)16-2)4-10-3-7(14)5-12/h7-8,10,12,14H,3-5H2,1-2H3,(H,11,13). The molecule has 0 saturated carbocycles. The summed E-state index contributed by atoms with van der Waals surface area (Å²) in [6.45, 7) is 1.18. The van der Waals surface area contributed by atoms with Crippen molar-refractivity contribution in [2.75, 3.05) is 26.8 Å². The second-order valence-corrected chi connectivity index (χ2v) is 3.27. The van der Waals surface area contributed by atoms with Gasteiger partial charge >= 0.3 is 5.97 Å². The summed E-state index contributed by atoms with van der Waals surface area (Å²) in [6, 6.07) is -0.798. The van der Waals surface area contributed by atoms with Crippen LogP contribution in [0.3, 0.4) is 0 Å². The Morgan fingerprint density at radius 3 is 2.44 bits per heavy atom.